The predicted octanol–water partition coefficient (Wildman–Crippen LogP) is 18.3. The molecule has 9 rings (SSSR count). The summed E-state index contributed by atoms with van der Waals surface area (Å²) < 4.78 is 17.5. The molecule has 0 saturated carbocycles. The zero-order chi connectivity index (χ0) is 52.1. The molecule has 0 radical (unpaired) electrons. The number of methoxy groups -OCH3 is 3. The monoisotopic (exact) mass is 991 g/mol. The van der Waals surface area contributed by atoms with Crippen molar-refractivity contribution in [2.24, 2.45) is 4.99 Å². The quantitative estimate of drug-likeness (QED) is 0.0695. The average molecular weight is 991 g/mol. The molecule has 8 aromatic rings. The lowest BCUT2D eigenvalue weighted by Crippen LogP contribution is -2.03. The molecule has 1 aromatic heterocycles. The van der Waals surface area contributed by atoms with Crippen molar-refractivity contribution in [1.29, 1.82) is 0 Å². The highest BCUT2D eigenvalue weighted by atomic mass is 16.5. The summed E-state index contributed by atoms with van der Waals surface area (Å²) in [5, 5.41) is 0. The summed E-state index contributed by atoms with van der Waals surface area (Å²) in [5.74, 6) is 2.38. The number of aromatic nitrogens is 1. The number of nitrogens with zero attached hydrogens (tertiary/aromatic N) is 1. The maximum atomic E-state index is 6.02. The zero-order valence-corrected chi connectivity index (χ0v) is 45.3. The summed E-state index contributed by atoms with van der Waals surface area (Å²) in [6.07, 6.45) is 13.4. The van der Waals surface area contributed by atoms with E-state index in [2.05, 4.69) is 203 Å². The van der Waals surface area contributed by atoms with Gasteiger partial charge in [0.05, 0.1) is 44.1 Å². The van der Waals surface area contributed by atoms with Crippen LogP contribution in [0.1, 0.15) is 129 Å². The fourth-order valence-corrected chi connectivity index (χ4v) is 10.4. The van der Waals surface area contributed by atoms with Crippen molar-refractivity contribution in [3.63, 3.8) is 0 Å². The molecular weight excluding hydrogens is 917 g/mol. The minimum atomic E-state index is 0.784. The predicted molar refractivity (Wildman–Crippen MR) is 316 cm³/mol. The topological polar surface area (TPSA) is 55.8 Å². The molecule has 1 aliphatic heterocycles. The first-order valence-corrected chi connectivity index (χ1v) is 27.5. The van der Waals surface area contributed by atoms with E-state index in [9.17, 15) is 0 Å². The smallest absolute Gasteiger partial charge is 0.118 e. The second kappa shape index (κ2) is 25.1. The third-order valence-corrected chi connectivity index (χ3v) is 14.8. The Morgan fingerprint density at radius 2 is 0.720 bits per heavy atom. The summed E-state index contributed by atoms with van der Waals surface area (Å²) in [5.41, 5.74) is 22.1. The molecule has 0 saturated heterocycles. The molecule has 5 nitrogen and oxygen atoms in total. The molecular formula is C70H74N2O3. The van der Waals surface area contributed by atoms with Gasteiger partial charge in [0.1, 0.15) is 17.2 Å². The van der Waals surface area contributed by atoms with Crippen LogP contribution >= 0.6 is 0 Å². The number of unbranched alkanes of at least 4 members (excludes halogenated alkanes) is 4. The molecule has 0 fully saturated rings. The van der Waals surface area contributed by atoms with E-state index in [1.165, 1.54) is 22.3 Å². The number of rotatable bonds is 23. The number of hydrogen-bond acceptors (Lipinski definition) is 4. The van der Waals surface area contributed by atoms with Crippen molar-refractivity contribution in [2.45, 2.75) is 105 Å². The highest BCUT2D eigenvalue weighted by Gasteiger charge is 2.34. The van der Waals surface area contributed by atoms with E-state index in [4.69, 9.17) is 19.2 Å². The lowest BCUT2D eigenvalue weighted by Gasteiger charge is -2.18. The molecule has 75 heavy (non-hydrogen) atoms. The summed E-state index contributed by atoms with van der Waals surface area (Å²) in [4.78, 5) is 10.3. The molecule has 0 aliphatic carbocycles. The van der Waals surface area contributed by atoms with Gasteiger partial charge in [-0.1, -0.05) is 187 Å². The second-order valence-electron chi connectivity index (χ2n) is 19.9. The fraction of sp³-hybridized carbons (Fsp3) is 0.271. The molecule has 0 spiro atoms. The van der Waals surface area contributed by atoms with Gasteiger partial charge >= 0.3 is 0 Å². The first-order chi connectivity index (χ1) is 36.9. The van der Waals surface area contributed by atoms with Gasteiger partial charge in [-0.3, -0.25) is 0 Å². The second-order valence-corrected chi connectivity index (χ2v) is 19.9. The summed E-state index contributed by atoms with van der Waals surface area (Å²) >= 11 is 0. The third-order valence-electron chi connectivity index (χ3n) is 14.8. The Kier molecular flexibility index (Phi) is 17.5. The van der Waals surface area contributed by atoms with Crippen LogP contribution in [0.5, 0.6) is 17.2 Å². The highest BCUT2D eigenvalue weighted by molar-refractivity contribution is 6.42. The maximum absolute atomic E-state index is 6.02. The molecule has 7 aromatic carbocycles. The van der Waals surface area contributed by atoms with Gasteiger partial charge in [-0.2, -0.15) is 0 Å². The zero-order valence-electron chi connectivity index (χ0n) is 45.3. The van der Waals surface area contributed by atoms with E-state index in [0.717, 1.165) is 184 Å². The number of nitrogens with one attached hydrogen (secondary N) is 1. The summed E-state index contributed by atoms with van der Waals surface area (Å²) in [6, 6.07) is 62.5. The molecule has 5 heteroatoms. The van der Waals surface area contributed by atoms with Crippen LogP contribution in [0.4, 0.5) is 0 Å². The number of ether oxygens (including phenoxy) is 3. The van der Waals surface area contributed by atoms with Crippen molar-refractivity contribution in [2.75, 3.05) is 21.3 Å². The summed E-state index contributed by atoms with van der Waals surface area (Å²) in [6.45, 7) is 9.03. The van der Waals surface area contributed by atoms with Gasteiger partial charge in [-0.25, -0.2) is 4.99 Å². The Morgan fingerprint density at radius 3 is 1.15 bits per heavy atom. The van der Waals surface area contributed by atoms with Gasteiger partial charge in [0.15, 0.2) is 0 Å². The number of H-pyrrole nitrogens is 1. The normalized spacial score (nSPS) is 13.0. The number of hydrogen-bond donors (Lipinski definition) is 1. The molecule has 382 valence electrons. The van der Waals surface area contributed by atoms with E-state index in [-0.39, 0.29) is 0 Å². The molecule has 1 aliphatic rings. The number of aliphatic imine (C=N–C) groups is 1. The number of aromatic amines is 1. The van der Waals surface area contributed by atoms with Crippen molar-refractivity contribution in [3.05, 3.63) is 226 Å². The number of allylic oxidation sites excluding steroid dienone is 2. The summed E-state index contributed by atoms with van der Waals surface area (Å²) in [7, 11) is 5.19. The first kappa shape index (κ1) is 52.2. The van der Waals surface area contributed by atoms with Crippen LogP contribution in [-0.4, -0.2) is 32.0 Å². The van der Waals surface area contributed by atoms with Crippen LogP contribution in [0.2, 0.25) is 0 Å². The van der Waals surface area contributed by atoms with E-state index in [1.54, 1.807) is 21.3 Å². The van der Waals surface area contributed by atoms with Crippen LogP contribution in [0.25, 0.3) is 50.2 Å². The van der Waals surface area contributed by atoms with Gasteiger partial charge in [0, 0.05) is 33.4 Å². The highest BCUT2D eigenvalue weighted by Crippen LogP contribution is 2.51. The van der Waals surface area contributed by atoms with Gasteiger partial charge in [-0.05, 0) is 143 Å². The average Bonchev–Trinajstić information content (AvgIpc) is 4.07. The van der Waals surface area contributed by atoms with E-state index < -0.39 is 0 Å². The first-order valence-electron chi connectivity index (χ1n) is 27.5. The molecule has 0 unspecified atom stereocenters. The van der Waals surface area contributed by atoms with E-state index >= 15 is 0 Å². The van der Waals surface area contributed by atoms with Gasteiger partial charge in [0.2, 0.25) is 0 Å². The van der Waals surface area contributed by atoms with Crippen molar-refractivity contribution in [3.8, 4) is 50.8 Å². The van der Waals surface area contributed by atoms with E-state index in [1.807, 2.05) is 0 Å². The maximum Gasteiger partial charge on any atom is 0.118 e. The number of benzene rings is 7. The van der Waals surface area contributed by atoms with Crippen LogP contribution in [-0.2, 0) is 25.7 Å². The Labute approximate surface area is 447 Å². The van der Waals surface area contributed by atoms with Gasteiger partial charge in [0.25, 0.3) is 0 Å². The SMILES string of the molecule is CCCCc1ccc(C2=N/C(=C(/c3ccc(OC)cc3)c3[nH]c(-c4ccc(CCCC)cc4)c(-c4ccc(CCCC)cc4)c3-c3ccc(OC)cc3)C(c3ccc(OC)cc3)=C2c2ccc(CCCC)cc2)cc1. The lowest BCUT2D eigenvalue weighted by atomic mass is 9.85. The van der Waals surface area contributed by atoms with Gasteiger partial charge < -0.3 is 19.2 Å². The largest absolute Gasteiger partial charge is 0.497 e. The molecule has 0 bridgehead atoms. The van der Waals surface area contributed by atoms with Crippen molar-refractivity contribution >= 4 is 22.4 Å². The lowest BCUT2D eigenvalue weighted by molar-refractivity contribution is 0.414. The van der Waals surface area contributed by atoms with Crippen LogP contribution in [0, 0.1) is 0 Å². The van der Waals surface area contributed by atoms with Gasteiger partial charge in [-0.15, -0.1) is 0 Å². The molecule has 0 amide bonds. The molecule has 2 heterocycles. The fourth-order valence-electron chi connectivity index (χ4n) is 10.4. The minimum absolute atomic E-state index is 0.784. The Hall–Kier alpha value is -7.63. The minimum Gasteiger partial charge on any atom is -0.497 e. The standard InChI is InChI=1S/C70H74N2O3/c1-8-12-16-48-20-28-52(29-21-48)62-64(54-36-42-59(73-5)43-37-54)69(71-67(62)57-32-24-50(25-33-57)18-14-10-3)66(56-40-46-61(75-7)47-41-56)70-65(55-38-44-60(74-6)45-39-55)63(53-30-22-49(23-31-53)17-13-9-2)68(72-70)58-34-26-51(27-35-58)19-15-11-4/h20-47,71H,8-19H2,1-7H3/b70-66-. The number of aryl methyl sites for hydroxylation is 4. The molecule has 0 atom stereocenters. The Bertz CT molecular complexity index is 3230. The molecule has 1 N–H and O–H groups in total. The van der Waals surface area contributed by atoms with Crippen LogP contribution in [0.15, 0.2) is 181 Å². The van der Waals surface area contributed by atoms with Crippen molar-refractivity contribution < 1.29 is 14.2 Å². The van der Waals surface area contributed by atoms with Crippen molar-refractivity contribution in [1.82, 2.24) is 4.98 Å². The van der Waals surface area contributed by atoms with E-state index in [0.29, 0.717) is 0 Å². The van der Waals surface area contributed by atoms with Crippen LogP contribution < -0.4 is 14.2 Å². The third kappa shape index (κ3) is 11.8. The Morgan fingerprint density at radius 1 is 0.373 bits per heavy atom. The Balaban J connectivity index is 1.44. The van der Waals surface area contributed by atoms with Crippen LogP contribution in [0.3, 0.4) is 0 Å².